The Labute approximate surface area is 303 Å². The average Bonchev–Trinajstić information content (AvgIpc) is 3.42. The quantitative estimate of drug-likeness (QED) is 0.341. The minimum absolute atomic E-state index is 0.0348. The van der Waals surface area contributed by atoms with E-state index in [2.05, 4.69) is 21.9 Å². The molecule has 6 aliphatic rings. The summed E-state index contributed by atoms with van der Waals surface area (Å²) in [5.41, 5.74) is 1.54. The van der Waals surface area contributed by atoms with Crippen LogP contribution >= 0.6 is 23.4 Å². The molecule has 15 heteroatoms. The number of alkyl halides is 3. The summed E-state index contributed by atoms with van der Waals surface area (Å²) in [4.78, 5) is 34.2. The van der Waals surface area contributed by atoms with Crippen LogP contribution in [0.3, 0.4) is 0 Å². The monoisotopic (exact) mass is 759 g/mol. The van der Waals surface area contributed by atoms with Crippen LogP contribution in [0.15, 0.2) is 4.79 Å². The molecule has 10 nitrogen and oxygen atoms in total. The minimum Gasteiger partial charge on any atom is -0.376 e. The molecule has 5 fully saturated rings. The Hall–Kier alpha value is -1.32. The third-order valence-corrected chi connectivity index (χ3v) is 15.0. The molecular weight excluding hydrogens is 708 g/mol. The van der Waals surface area contributed by atoms with Gasteiger partial charge >= 0.3 is 0 Å². The lowest BCUT2D eigenvalue weighted by Gasteiger charge is -2.53. The Morgan fingerprint density at radius 2 is 1.90 bits per heavy atom. The largest absolute Gasteiger partial charge is 0.376 e. The number of piperidine rings is 1. The van der Waals surface area contributed by atoms with Crippen molar-refractivity contribution in [2.24, 2.45) is 17.8 Å². The summed E-state index contributed by atoms with van der Waals surface area (Å²) >= 11 is 8.51. The Morgan fingerprint density at radius 1 is 1.14 bits per heavy atom. The maximum atomic E-state index is 14.0. The minimum atomic E-state index is -3.65. The number of nitrogens with one attached hydrogen (secondary N) is 2. The molecule has 0 radical (unpaired) electrons. The van der Waals surface area contributed by atoms with Crippen LogP contribution in [0.4, 0.5) is 8.78 Å². The molecule has 2 aliphatic heterocycles. The molecule has 1 amide bonds. The Morgan fingerprint density at radius 3 is 2.58 bits per heavy atom. The van der Waals surface area contributed by atoms with Crippen LogP contribution in [0, 0.1) is 24.7 Å². The van der Waals surface area contributed by atoms with E-state index in [4.69, 9.17) is 21.3 Å². The second-order valence-corrected chi connectivity index (χ2v) is 19.6. The molecule has 3 saturated carbocycles. The molecule has 7 rings (SSSR count). The number of amides is 1. The predicted molar refractivity (Wildman–Crippen MR) is 190 cm³/mol. The number of hydrogen-bond acceptors (Lipinski definition) is 9. The number of sulfonamides is 1. The Balaban J connectivity index is 1.03. The topological polar surface area (TPSA) is 123 Å². The highest BCUT2D eigenvalue weighted by Crippen LogP contribution is 2.49. The summed E-state index contributed by atoms with van der Waals surface area (Å²) in [6, 6.07) is 0.327. The number of rotatable bonds is 10. The van der Waals surface area contributed by atoms with Crippen LogP contribution in [0.25, 0.3) is 0 Å². The number of carbonyl (C=O) groups excluding carboxylic acids is 1. The fourth-order valence-electron chi connectivity index (χ4n) is 9.93. The van der Waals surface area contributed by atoms with Crippen molar-refractivity contribution in [2.75, 3.05) is 18.6 Å². The van der Waals surface area contributed by atoms with E-state index >= 15 is 0 Å². The summed E-state index contributed by atoms with van der Waals surface area (Å²) in [5.74, 6) is -1.84. The number of ether oxygens (including phenoxy) is 1. The number of halogens is 3. The normalized spacial score (nSPS) is 35.9. The second kappa shape index (κ2) is 14.5. The van der Waals surface area contributed by atoms with Crippen molar-refractivity contribution >= 4 is 39.3 Å². The molecular formula is C35H52ClF2N5O5S2. The van der Waals surface area contributed by atoms with Crippen molar-refractivity contribution in [1.29, 1.82) is 0 Å². The van der Waals surface area contributed by atoms with Crippen LogP contribution in [-0.4, -0.2) is 100 Å². The molecule has 4 aliphatic carbocycles. The number of hydrogen-bond donors (Lipinski definition) is 2. The van der Waals surface area contributed by atoms with Gasteiger partial charge in [-0.1, -0.05) is 6.42 Å². The van der Waals surface area contributed by atoms with Gasteiger partial charge in [0.15, 0.2) is 0 Å². The van der Waals surface area contributed by atoms with Crippen molar-refractivity contribution in [1.82, 2.24) is 24.5 Å². The molecule has 0 aromatic carbocycles. The lowest BCUT2D eigenvalue weighted by molar-refractivity contribution is -0.148. The third kappa shape index (κ3) is 7.67. The van der Waals surface area contributed by atoms with Gasteiger partial charge in [0.2, 0.25) is 15.9 Å². The predicted octanol–water partition coefficient (Wildman–Crippen LogP) is 4.03. The number of thioether (sulfide) groups is 1. The number of aryl methyl sites for hydroxylation is 2. The zero-order valence-corrected chi connectivity index (χ0v) is 31.7. The Kier molecular flexibility index (Phi) is 10.7. The van der Waals surface area contributed by atoms with Crippen LogP contribution in [-0.2, 0) is 38.9 Å². The van der Waals surface area contributed by atoms with Gasteiger partial charge in [0.1, 0.15) is 5.82 Å². The zero-order valence-electron chi connectivity index (χ0n) is 29.3. The summed E-state index contributed by atoms with van der Waals surface area (Å²) in [7, 11) is -3.65. The van der Waals surface area contributed by atoms with Crippen molar-refractivity contribution < 1.29 is 26.7 Å². The van der Waals surface area contributed by atoms with Crippen molar-refractivity contribution in [3.05, 3.63) is 27.4 Å². The summed E-state index contributed by atoms with van der Waals surface area (Å²) in [5, 5.41) is 3.77. The number of fused-ring (bicyclic) bond motifs is 2. The van der Waals surface area contributed by atoms with Crippen molar-refractivity contribution in [2.45, 2.75) is 150 Å². The van der Waals surface area contributed by atoms with Gasteiger partial charge in [0.05, 0.1) is 37.1 Å². The van der Waals surface area contributed by atoms with Gasteiger partial charge in [-0.3, -0.25) is 23.8 Å². The molecule has 2 saturated heterocycles. The standard InChI is InChI=1S/C35H52ClF2N5O5S2/c1-19-13-26(32-31(39-19)28(18-49-32)33(44)41-50(3,46)47)25-14-21(36)7-10-30(25)48-12-11-42-20(2)40-29-9-8-23(15-27(29)34(42)45)43(22-5-4-6-22)24-16-35(37,38)17-24/h19,21-26,28,30-32,39H,4-18H2,1-3H3,(H,41,44). The first-order chi connectivity index (χ1) is 23.7. The Bertz CT molecular complexity index is 1600. The van der Waals surface area contributed by atoms with Crippen molar-refractivity contribution in [3.8, 4) is 0 Å². The van der Waals surface area contributed by atoms with E-state index in [1.165, 1.54) is 0 Å². The summed E-state index contributed by atoms with van der Waals surface area (Å²) < 4.78 is 62.1. The molecule has 1 aromatic rings. The first-order valence-corrected chi connectivity index (χ1v) is 21.9. The maximum Gasteiger partial charge on any atom is 0.257 e. The van der Waals surface area contributed by atoms with Gasteiger partial charge in [-0.2, -0.15) is 11.8 Å². The number of nitrogens with zero attached hydrogens (tertiary/aromatic N) is 3. The van der Waals surface area contributed by atoms with E-state index < -0.39 is 27.8 Å². The van der Waals surface area contributed by atoms with Gasteiger partial charge < -0.3 is 10.1 Å². The van der Waals surface area contributed by atoms with E-state index in [0.29, 0.717) is 43.6 Å². The molecule has 0 bridgehead atoms. The molecule has 9 atom stereocenters. The number of carbonyl (C=O) groups is 1. The summed E-state index contributed by atoms with van der Waals surface area (Å²) in [6.45, 7) is 4.72. The van der Waals surface area contributed by atoms with Crippen molar-refractivity contribution in [3.63, 3.8) is 0 Å². The smallest absolute Gasteiger partial charge is 0.257 e. The highest BCUT2D eigenvalue weighted by Gasteiger charge is 2.53. The van der Waals surface area contributed by atoms with Gasteiger partial charge in [-0.15, -0.1) is 11.6 Å². The SMILES string of the molecule is Cc1nc2c(c(=O)n1CCOC1CCC(Cl)CC1C1CC(C)NC3C(C(=O)NS(C)(=O)=O)CSC13)CC(N(C1CCC1)C1CC(F)(F)C1)CC2. The van der Waals surface area contributed by atoms with Crippen LogP contribution < -0.4 is 15.6 Å². The van der Waals surface area contributed by atoms with Gasteiger partial charge in [-0.25, -0.2) is 22.2 Å². The maximum absolute atomic E-state index is 14.0. The molecule has 1 aromatic heterocycles. The number of aromatic nitrogens is 2. The molecule has 50 heavy (non-hydrogen) atoms. The van der Waals surface area contributed by atoms with Crippen LogP contribution in [0.5, 0.6) is 0 Å². The van der Waals surface area contributed by atoms with Gasteiger partial charge in [0.25, 0.3) is 11.5 Å². The first-order valence-electron chi connectivity index (χ1n) is 18.6. The highest BCUT2D eigenvalue weighted by atomic mass is 35.5. The van der Waals surface area contributed by atoms with E-state index in [0.717, 1.165) is 68.9 Å². The second-order valence-electron chi connectivity index (χ2n) is 16.0. The molecule has 2 N–H and O–H groups in total. The van der Waals surface area contributed by atoms with Gasteiger partial charge in [-0.05, 0) is 83.5 Å². The highest BCUT2D eigenvalue weighted by molar-refractivity contribution is 8.00. The molecule has 280 valence electrons. The van der Waals surface area contributed by atoms with Crippen LogP contribution in [0.2, 0.25) is 0 Å². The molecule has 9 unspecified atom stereocenters. The first kappa shape index (κ1) is 37.0. The van der Waals surface area contributed by atoms with Gasteiger partial charge in [0, 0.05) is 65.0 Å². The third-order valence-electron chi connectivity index (χ3n) is 12.5. The van der Waals surface area contributed by atoms with E-state index in [-0.39, 0.29) is 71.1 Å². The molecule has 0 spiro atoms. The lowest BCUT2D eigenvalue weighted by atomic mass is 9.70. The van der Waals surface area contributed by atoms with E-state index in [9.17, 15) is 26.8 Å². The van der Waals surface area contributed by atoms with E-state index in [1.54, 1.807) is 16.3 Å². The lowest BCUT2D eigenvalue weighted by Crippen LogP contribution is -2.60. The summed E-state index contributed by atoms with van der Waals surface area (Å²) in [6.07, 6.45) is 9.47. The van der Waals surface area contributed by atoms with E-state index in [1.807, 2.05) is 6.92 Å². The fourth-order valence-corrected chi connectivity index (χ4v) is 12.6. The fraction of sp³-hybridized carbons (Fsp3) is 0.857. The molecule has 3 heterocycles. The average molecular weight is 760 g/mol. The zero-order chi connectivity index (χ0) is 35.5. The van der Waals surface area contributed by atoms with Crippen LogP contribution in [0.1, 0.15) is 88.2 Å².